The molecule has 138 valence electrons. The number of methoxy groups -OCH3 is 2. The molecule has 2 N–H and O–H groups in total. The lowest BCUT2D eigenvalue weighted by Crippen LogP contribution is -2.38. The number of nitrogens with two attached hydrogens (primary N) is 1. The minimum absolute atomic E-state index is 0.161. The molecule has 1 aromatic carbocycles. The van der Waals surface area contributed by atoms with Gasteiger partial charge < -0.3 is 15.2 Å². The summed E-state index contributed by atoms with van der Waals surface area (Å²) in [5.74, 6) is -7.91. The highest BCUT2D eigenvalue weighted by molar-refractivity contribution is 6.00. The fourth-order valence-corrected chi connectivity index (χ4v) is 2.73. The van der Waals surface area contributed by atoms with E-state index < -0.39 is 46.0 Å². The van der Waals surface area contributed by atoms with E-state index in [1.807, 2.05) is 0 Å². The van der Waals surface area contributed by atoms with Crippen LogP contribution in [0.25, 0.3) is 0 Å². The molecule has 3 unspecified atom stereocenters. The summed E-state index contributed by atoms with van der Waals surface area (Å²) < 4.78 is 9.54. The minimum Gasteiger partial charge on any atom is -0.490 e. The molecule has 0 saturated heterocycles. The molecule has 10 nitrogen and oxygen atoms in total. The molecule has 10 heteroatoms. The number of ketones is 1. The van der Waals surface area contributed by atoms with Crippen molar-refractivity contribution in [2.45, 2.75) is 12.8 Å². The predicted molar refractivity (Wildman–Crippen MR) is 86.9 cm³/mol. The second-order valence-electron chi connectivity index (χ2n) is 5.30. The molecule has 1 aromatic rings. The first-order chi connectivity index (χ1) is 12.2. The lowest BCUT2D eigenvalue weighted by Gasteiger charge is -2.26. The number of para-hydroxylation sites is 1. The van der Waals surface area contributed by atoms with Crippen molar-refractivity contribution in [1.82, 2.24) is 0 Å². The predicted octanol–water partition coefficient (Wildman–Crippen LogP) is 0.690. The number of carbonyl (C=O) groups excluding carboxylic acids is 3. The maximum absolute atomic E-state index is 12.1. The summed E-state index contributed by atoms with van der Waals surface area (Å²) in [6.45, 7) is 1.05. The standard InChI is InChI=1S/C16H17N3O7/c1-8(20)12(16(22)26-3)13(10(7-17)15(18)21)9-5-4-6-11(25-2)14(9)19(23)24/h4-6,10,12-13H,1-3H3,(H2,18,21). The molecular formula is C16H17N3O7. The first-order valence-electron chi connectivity index (χ1n) is 7.29. The molecule has 0 saturated carbocycles. The lowest BCUT2D eigenvalue weighted by molar-refractivity contribution is -0.386. The Morgan fingerprint density at radius 1 is 1.31 bits per heavy atom. The smallest absolute Gasteiger partial charge is 0.316 e. The number of rotatable bonds is 8. The highest BCUT2D eigenvalue weighted by Crippen LogP contribution is 2.42. The maximum Gasteiger partial charge on any atom is 0.316 e. The Morgan fingerprint density at radius 3 is 2.31 bits per heavy atom. The van der Waals surface area contributed by atoms with Gasteiger partial charge in [-0.2, -0.15) is 5.26 Å². The second-order valence-corrected chi connectivity index (χ2v) is 5.30. The fraction of sp³-hybridized carbons (Fsp3) is 0.375. The normalized spacial score (nSPS) is 13.6. The summed E-state index contributed by atoms with van der Waals surface area (Å²) in [7, 11) is 2.21. The van der Waals surface area contributed by atoms with Crippen molar-refractivity contribution in [2.75, 3.05) is 14.2 Å². The Bertz CT molecular complexity index is 785. The third-order valence-electron chi connectivity index (χ3n) is 3.85. The molecule has 0 spiro atoms. The first kappa shape index (κ1) is 20.6. The van der Waals surface area contributed by atoms with Crippen LogP contribution in [0.3, 0.4) is 0 Å². The molecule has 0 aliphatic rings. The Labute approximate surface area is 148 Å². The summed E-state index contributed by atoms with van der Waals surface area (Å²) >= 11 is 0. The van der Waals surface area contributed by atoms with Crippen LogP contribution in [0.2, 0.25) is 0 Å². The second kappa shape index (κ2) is 8.57. The van der Waals surface area contributed by atoms with Crippen molar-refractivity contribution in [1.29, 1.82) is 5.26 Å². The van der Waals surface area contributed by atoms with Gasteiger partial charge in [-0.05, 0) is 13.0 Å². The third-order valence-corrected chi connectivity index (χ3v) is 3.85. The number of hydrogen-bond acceptors (Lipinski definition) is 8. The summed E-state index contributed by atoms with van der Waals surface area (Å²) in [4.78, 5) is 46.7. The lowest BCUT2D eigenvalue weighted by atomic mass is 9.74. The third kappa shape index (κ3) is 3.94. The molecule has 0 aromatic heterocycles. The molecule has 0 aliphatic carbocycles. The van der Waals surface area contributed by atoms with Gasteiger partial charge in [-0.25, -0.2) is 0 Å². The van der Waals surface area contributed by atoms with Gasteiger partial charge in [0.05, 0.1) is 25.2 Å². The van der Waals surface area contributed by atoms with Crippen LogP contribution in [0.5, 0.6) is 5.75 Å². The van der Waals surface area contributed by atoms with Gasteiger partial charge in [-0.1, -0.05) is 12.1 Å². The Morgan fingerprint density at radius 2 is 1.92 bits per heavy atom. The molecule has 0 heterocycles. The van der Waals surface area contributed by atoms with E-state index in [2.05, 4.69) is 4.74 Å². The number of ether oxygens (including phenoxy) is 2. The SMILES string of the molecule is COC(=O)C(C(C)=O)C(c1cccc(OC)c1[N+](=O)[O-])C(C#N)C(N)=O. The highest BCUT2D eigenvalue weighted by Gasteiger charge is 2.45. The number of nitriles is 1. The maximum atomic E-state index is 12.1. The van der Waals surface area contributed by atoms with Crippen LogP contribution >= 0.6 is 0 Å². The van der Waals surface area contributed by atoms with E-state index >= 15 is 0 Å². The molecule has 1 amide bonds. The Kier molecular flexibility index (Phi) is 6.78. The van der Waals surface area contributed by atoms with Crippen molar-refractivity contribution in [3.63, 3.8) is 0 Å². The van der Waals surface area contributed by atoms with Crippen LogP contribution in [-0.4, -0.2) is 36.8 Å². The van der Waals surface area contributed by atoms with Crippen LogP contribution < -0.4 is 10.5 Å². The van der Waals surface area contributed by atoms with E-state index in [0.717, 1.165) is 14.0 Å². The zero-order chi connectivity index (χ0) is 20.0. The Balaban J connectivity index is 3.85. The minimum atomic E-state index is -1.69. The molecule has 1 rings (SSSR count). The number of nitro groups is 1. The van der Waals surface area contributed by atoms with Crippen molar-refractivity contribution < 1.29 is 28.8 Å². The summed E-state index contributed by atoms with van der Waals surface area (Å²) in [5, 5.41) is 20.9. The summed E-state index contributed by atoms with van der Waals surface area (Å²) in [6.07, 6.45) is 0. The fourth-order valence-electron chi connectivity index (χ4n) is 2.73. The zero-order valence-electron chi connectivity index (χ0n) is 14.3. The quantitative estimate of drug-likeness (QED) is 0.305. The van der Waals surface area contributed by atoms with Gasteiger partial charge in [0, 0.05) is 11.5 Å². The van der Waals surface area contributed by atoms with Crippen LogP contribution in [-0.2, 0) is 19.1 Å². The van der Waals surface area contributed by atoms with Gasteiger partial charge in [0.25, 0.3) is 0 Å². The summed E-state index contributed by atoms with van der Waals surface area (Å²) in [6, 6.07) is 5.52. The Hall–Kier alpha value is -3.48. The molecule has 0 bridgehead atoms. The largest absolute Gasteiger partial charge is 0.490 e. The van der Waals surface area contributed by atoms with E-state index in [1.165, 1.54) is 25.3 Å². The molecule has 0 radical (unpaired) electrons. The zero-order valence-corrected chi connectivity index (χ0v) is 14.3. The van der Waals surface area contributed by atoms with Gasteiger partial charge in [0.2, 0.25) is 5.91 Å². The topological polar surface area (TPSA) is 163 Å². The number of nitrogens with zero attached hydrogens (tertiary/aromatic N) is 2. The van der Waals surface area contributed by atoms with E-state index in [4.69, 9.17) is 10.5 Å². The number of carbonyl (C=O) groups is 3. The number of primary amides is 1. The molecule has 26 heavy (non-hydrogen) atoms. The number of esters is 1. The number of hydrogen-bond donors (Lipinski definition) is 1. The van der Waals surface area contributed by atoms with Gasteiger partial charge in [-0.3, -0.25) is 24.5 Å². The van der Waals surface area contributed by atoms with Gasteiger partial charge in [-0.15, -0.1) is 0 Å². The monoisotopic (exact) mass is 363 g/mol. The average Bonchev–Trinajstić information content (AvgIpc) is 2.59. The number of Topliss-reactive ketones (excluding diaryl/α,β-unsaturated/α-hetero) is 1. The molecular weight excluding hydrogens is 346 g/mol. The van der Waals surface area contributed by atoms with E-state index in [1.54, 1.807) is 6.07 Å². The van der Waals surface area contributed by atoms with E-state index in [0.29, 0.717) is 0 Å². The molecule has 0 aliphatic heterocycles. The van der Waals surface area contributed by atoms with Gasteiger partial charge in [0.15, 0.2) is 5.75 Å². The van der Waals surface area contributed by atoms with E-state index in [-0.39, 0.29) is 11.3 Å². The van der Waals surface area contributed by atoms with Crippen molar-refractivity contribution >= 4 is 23.3 Å². The number of nitro benzene ring substituents is 1. The van der Waals surface area contributed by atoms with Crippen molar-refractivity contribution in [3.8, 4) is 11.8 Å². The number of benzene rings is 1. The first-order valence-corrected chi connectivity index (χ1v) is 7.29. The van der Waals surface area contributed by atoms with Crippen LogP contribution in [0, 0.1) is 33.3 Å². The van der Waals surface area contributed by atoms with Crippen LogP contribution in [0.1, 0.15) is 18.4 Å². The molecule has 0 fully saturated rings. The van der Waals surface area contributed by atoms with Gasteiger partial charge in [0.1, 0.15) is 17.6 Å². The van der Waals surface area contributed by atoms with Gasteiger partial charge >= 0.3 is 11.7 Å². The molecule has 3 atom stereocenters. The highest BCUT2D eigenvalue weighted by atomic mass is 16.6. The number of amides is 1. The van der Waals surface area contributed by atoms with E-state index in [9.17, 15) is 29.8 Å². The van der Waals surface area contributed by atoms with Crippen LogP contribution in [0.15, 0.2) is 18.2 Å². The summed E-state index contributed by atoms with van der Waals surface area (Å²) in [5.41, 5.74) is 4.46. The van der Waals surface area contributed by atoms with Crippen molar-refractivity contribution in [2.24, 2.45) is 17.6 Å². The van der Waals surface area contributed by atoms with Crippen LogP contribution in [0.4, 0.5) is 5.69 Å². The average molecular weight is 363 g/mol. The van der Waals surface area contributed by atoms with Crippen molar-refractivity contribution in [3.05, 3.63) is 33.9 Å².